The van der Waals surface area contributed by atoms with E-state index in [1.807, 2.05) is 0 Å². The molecule has 3 N–H and O–H groups in total. The van der Waals surface area contributed by atoms with Gasteiger partial charge in [0.25, 0.3) is 25.8 Å². The van der Waals surface area contributed by atoms with Gasteiger partial charge in [0.05, 0.1) is 31.5 Å². The van der Waals surface area contributed by atoms with Crippen LogP contribution < -0.4 is 5.56 Å². The highest BCUT2D eigenvalue weighted by molar-refractivity contribution is 7.86. The molecule has 0 bridgehead atoms. The first-order valence-corrected chi connectivity index (χ1v) is 12.3. The second-order valence-corrected chi connectivity index (χ2v) is 10.4. The molecule has 12 nitrogen and oxygen atoms in total. The third-order valence-corrected chi connectivity index (χ3v) is 6.98. The molecule has 4 aromatic rings. The van der Waals surface area contributed by atoms with Crippen molar-refractivity contribution < 1.29 is 25.9 Å². The SMILES string of the molecule is Cc1[nH]n2c(=O)c3cc(S(=O)(=O)O)ccc3nc2c1N=Nc1cc(Cl)c(Cl)cc1S(=O)(=O)O. The molecule has 0 aliphatic heterocycles. The molecule has 4 rings (SSSR count). The number of aryl methyl sites for hydroxylation is 1. The summed E-state index contributed by atoms with van der Waals surface area (Å²) in [6.07, 6.45) is 0. The topological polar surface area (TPSA) is 184 Å². The standard InChI is InChI=1S/C17H11Cl2N5O7S2/c1-7-15(22-21-13-5-10(18)11(19)6-14(13)33(29,30)31)16-20-12-3-2-8(32(26,27)28)4-9(12)17(25)24(16)23-7/h2-6,23H,1H3,(H,26,27,28)(H,29,30,31). The molecule has 0 saturated heterocycles. The number of hydrogen-bond donors (Lipinski definition) is 3. The van der Waals surface area contributed by atoms with Gasteiger partial charge in [-0.2, -0.15) is 21.4 Å². The highest BCUT2D eigenvalue weighted by Crippen LogP contribution is 2.35. The Morgan fingerprint density at radius 3 is 2.30 bits per heavy atom. The third-order valence-electron chi connectivity index (χ3n) is 4.52. The molecular formula is C17H11Cl2N5O7S2. The van der Waals surface area contributed by atoms with Crippen molar-refractivity contribution in [1.82, 2.24) is 14.6 Å². The average molecular weight is 532 g/mol. The number of halogens is 2. The lowest BCUT2D eigenvalue weighted by Crippen LogP contribution is -2.16. The van der Waals surface area contributed by atoms with E-state index < -0.39 is 35.6 Å². The van der Waals surface area contributed by atoms with Gasteiger partial charge in [0, 0.05) is 0 Å². The normalized spacial score (nSPS) is 12.9. The summed E-state index contributed by atoms with van der Waals surface area (Å²) in [4.78, 5) is 16.0. The fourth-order valence-electron chi connectivity index (χ4n) is 3.00. The fraction of sp³-hybridized carbons (Fsp3) is 0.0588. The van der Waals surface area contributed by atoms with E-state index in [1.165, 1.54) is 13.0 Å². The minimum Gasteiger partial charge on any atom is -0.292 e. The van der Waals surface area contributed by atoms with E-state index >= 15 is 0 Å². The minimum absolute atomic E-state index is 0.00169. The lowest BCUT2D eigenvalue weighted by Gasteiger charge is -2.04. The molecule has 33 heavy (non-hydrogen) atoms. The fourth-order valence-corrected chi connectivity index (χ4v) is 4.53. The van der Waals surface area contributed by atoms with Crippen molar-refractivity contribution in [3.05, 3.63) is 56.4 Å². The van der Waals surface area contributed by atoms with E-state index in [2.05, 4.69) is 20.3 Å². The average Bonchev–Trinajstić information content (AvgIpc) is 3.02. The number of nitrogens with zero attached hydrogens (tertiary/aromatic N) is 4. The first-order chi connectivity index (χ1) is 15.3. The van der Waals surface area contributed by atoms with E-state index in [0.717, 1.165) is 28.8 Å². The number of fused-ring (bicyclic) bond motifs is 2. The minimum atomic E-state index is -4.71. The number of nitrogens with one attached hydrogen (secondary N) is 1. The van der Waals surface area contributed by atoms with Crippen LogP contribution in [-0.4, -0.2) is 40.5 Å². The van der Waals surface area contributed by atoms with E-state index in [-0.39, 0.29) is 38.0 Å². The summed E-state index contributed by atoms with van der Waals surface area (Å²) in [7, 11) is -9.25. The predicted octanol–water partition coefficient (Wildman–Crippen LogP) is 3.70. The first kappa shape index (κ1) is 23.3. The van der Waals surface area contributed by atoms with Gasteiger partial charge in [-0.25, -0.2) is 4.98 Å². The molecule has 16 heteroatoms. The summed E-state index contributed by atoms with van der Waals surface area (Å²) in [5, 5.41) is 10.3. The summed E-state index contributed by atoms with van der Waals surface area (Å²) < 4.78 is 65.8. The van der Waals surface area contributed by atoms with Crippen molar-refractivity contribution in [1.29, 1.82) is 0 Å². The van der Waals surface area contributed by atoms with E-state index in [0.29, 0.717) is 5.69 Å². The zero-order valence-electron chi connectivity index (χ0n) is 16.2. The summed E-state index contributed by atoms with van der Waals surface area (Å²) >= 11 is 11.7. The molecule has 0 unspecified atom stereocenters. The second-order valence-electron chi connectivity index (χ2n) is 6.72. The number of hydrogen-bond acceptors (Lipinski definition) is 8. The van der Waals surface area contributed by atoms with Crippen molar-refractivity contribution >= 4 is 71.4 Å². The number of azo groups is 1. The molecule has 0 aliphatic rings. The number of benzene rings is 2. The molecule has 172 valence electrons. The molecule has 0 radical (unpaired) electrons. The zero-order valence-corrected chi connectivity index (χ0v) is 19.3. The number of aromatic nitrogens is 3. The van der Waals surface area contributed by atoms with E-state index in [4.69, 9.17) is 23.2 Å². The largest absolute Gasteiger partial charge is 0.296 e. The van der Waals surface area contributed by atoms with Crippen LogP contribution in [0, 0.1) is 6.92 Å². The third kappa shape index (κ3) is 4.23. The lowest BCUT2D eigenvalue weighted by atomic mass is 10.2. The molecular weight excluding hydrogens is 521 g/mol. The first-order valence-electron chi connectivity index (χ1n) is 8.68. The Balaban J connectivity index is 1.94. The molecule has 2 heterocycles. The molecule has 0 aliphatic carbocycles. The molecule has 2 aromatic heterocycles. The maximum Gasteiger partial charge on any atom is 0.296 e. The lowest BCUT2D eigenvalue weighted by molar-refractivity contribution is 0.481. The molecule has 0 spiro atoms. The Bertz CT molecular complexity index is 1780. The van der Waals surface area contributed by atoms with Crippen LogP contribution in [0.3, 0.4) is 0 Å². The smallest absolute Gasteiger partial charge is 0.292 e. The summed E-state index contributed by atoms with van der Waals surface area (Å²) in [5.74, 6) is 0. The Kier molecular flexibility index (Phi) is 5.55. The highest BCUT2D eigenvalue weighted by Gasteiger charge is 2.20. The Labute approximate surface area is 195 Å². The van der Waals surface area contributed by atoms with Gasteiger partial charge >= 0.3 is 0 Å². The van der Waals surface area contributed by atoms with Gasteiger partial charge < -0.3 is 0 Å². The van der Waals surface area contributed by atoms with Gasteiger partial charge in [0.2, 0.25) is 0 Å². The van der Waals surface area contributed by atoms with Gasteiger partial charge in [-0.05, 0) is 37.3 Å². The van der Waals surface area contributed by atoms with E-state index in [1.54, 1.807) is 0 Å². The monoisotopic (exact) mass is 531 g/mol. The van der Waals surface area contributed by atoms with Crippen molar-refractivity contribution in [2.24, 2.45) is 10.2 Å². The molecule has 0 fully saturated rings. The number of H-pyrrole nitrogens is 1. The highest BCUT2D eigenvalue weighted by atomic mass is 35.5. The Morgan fingerprint density at radius 2 is 1.67 bits per heavy atom. The summed E-state index contributed by atoms with van der Waals surface area (Å²) in [5.41, 5.74) is -0.523. The Hall–Kier alpha value is -2.88. The van der Waals surface area contributed by atoms with Crippen LogP contribution in [0.4, 0.5) is 11.4 Å². The number of rotatable bonds is 4. The van der Waals surface area contributed by atoms with Crippen LogP contribution in [0.5, 0.6) is 0 Å². The van der Waals surface area contributed by atoms with Crippen molar-refractivity contribution in [2.75, 3.05) is 0 Å². The van der Waals surface area contributed by atoms with Gasteiger partial charge in [-0.15, -0.1) is 10.2 Å². The van der Waals surface area contributed by atoms with Crippen molar-refractivity contribution in [3.8, 4) is 0 Å². The summed E-state index contributed by atoms with van der Waals surface area (Å²) in [6, 6.07) is 5.30. The van der Waals surface area contributed by atoms with Gasteiger partial charge in [0.15, 0.2) is 11.3 Å². The van der Waals surface area contributed by atoms with E-state index in [9.17, 15) is 30.7 Å². The maximum absolute atomic E-state index is 12.9. The van der Waals surface area contributed by atoms with Crippen LogP contribution in [-0.2, 0) is 20.2 Å². The van der Waals surface area contributed by atoms with Crippen LogP contribution in [0.25, 0.3) is 16.6 Å². The van der Waals surface area contributed by atoms with Gasteiger partial charge in [-0.3, -0.25) is 19.0 Å². The molecule has 0 atom stereocenters. The predicted molar refractivity (Wildman–Crippen MR) is 118 cm³/mol. The summed E-state index contributed by atoms with van der Waals surface area (Å²) in [6.45, 7) is 1.54. The molecule has 0 saturated carbocycles. The quantitative estimate of drug-likeness (QED) is 0.262. The number of aromatic amines is 1. The second kappa shape index (κ2) is 7.86. The van der Waals surface area contributed by atoms with Crippen LogP contribution in [0.15, 0.2) is 55.1 Å². The van der Waals surface area contributed by atoms with Gasteiger partial charge in [-0.1, -0.05) is 23.2 Å². The van der Waals surface area contributed by atoms with Gasteiger partial charge in [0.1, 0.15) is 10.6 Å². The van der Waals surface area contributed by atoms with Crippen LogP contribution in [0.1, 0.15) is 5.69 Å². The van der Waals surface area contributed by atoms with Crippen LogP contribution >= 0.6 is 23.2 Å². The molecule has 0 amide bonds. The van der Waals surface area contributed by atoms with Crippen molar-refractivity contribution in [3.63, 3.8) is 0 Å². The maximum atomic E-state index is 12.9. The van der Waals surface area contributed by atoms with Crippen molar-refractivity contribution in [2.45, 2.75) is 16.7 Å². The van der Waals surface area contributed by atoms with Crippen LogP contribution in [0.2, 0.25) is 10.0 Å². The Morgan fingerprint density at radius 1 is 1.00 bits per heavy atom. The zero-order chi connectivity index (χ0) is 24.3. The molecule has 2 aromatic carbocycles.